The Morgan fingerprint density at radius 2 is 2.00 bits per heavy atom. The lowest BCUT2D eigenvalue weighted by Gasteiger charge is -1.98. The summed E-state index contributed by atoms with van der Waals surface area (Å²) in [6.07, 6.45) is 1.33. The van der Waals surface area contributed by atoms with Crippen molar-refractivity contribution in [3.63, 3.8) is 0 Å². The fraction of sp³-hybridized carbons (Fsp3) is 0. The lowest BCUT2D eigenvalue weighted by Crippen LogP contribution is -1.99. The van der Waals surface area contributed by atoms with E-state index >= 15 is 0 Å². The van der Waals surface area contributed by atoms with Crippen molar-refractivity contribution in [1.29, 1.82) is 0 Å². The normalized spacial score (nSPS) is 10.6. The van der Waals surface area contributed by atoms with Crippen LogP contribution in [0, 0.1) is 0 Å². The van der Waals surface area contributed by atoms with Crippen LogP contribution >= 0.6 is 11.6 Å². The number of aromatic nitrogens is 5. The highest BCUT2D eigenvalue weighted by Crippen LogP contribution is 2.15. The Hall–Kier alpha value is -2.21. The smallest absolute Gasteiger partial charge is 0.233 e. The first-order valence-electron chi connectivity index (χ1n) is 4.87. The summed E-state index contributed by atoms with van der Waals surface area (Å²) in [5.74, 6) is 0.914. The van der Waals surface area contributed by atoms with E-state index in [4.69, 9.17) is 11.6 Å². The van der Waals surface area contributed by atoms with Gasteiger partial charge >= 0.3 is 0 Å². The molecular weight excluding hydrogens is 240 g/mol. The third-order valence-electron chi connectivity index (χ3n) is 2.16. The number of anilines is 2. The van der Waals surface area contributed by atoms with Crippen LogP contribution in [0.2, 0.25) is 5.28 Å². The molecule has 0 aliphatic rings. The second kappa shape index (κ2) is 3.99. The number of fused-ring (bicyclic) bond motifs is 1. The molecule has 7 heteroatoms. The van der Waals surface area contributed by atoms with Crippen molar-refractivity contribution >= 4 is 34.5 Å². The molecule has 0 amide bonds. The Balaban J connectivity index is 1.94. The maximum absolute atomic E-state index is 5.66. The van der Waals surface area contributed by atoms with Crippen molar-refractivity contribution in [3.8, 4) is 0 Å². The molecule has 0 radical (unpaired) electrons. The van der Waals surface area contributed by atoms with Gasteiger partial charge in [0, 0.05) is 0 Å². The van der Waals surface area contributed by atoms with E-state index in [-0.39, 0.29) is 5.28 Å². The largest absolute Gasteiger partial charge is 0.324 e. The molecule has 17 heavy (non-hydrogen) atoms. The van der Waals surface area contributed by atoms with Crippen molar-refractivity contribution in [2.75, 3.05) is 5.32 Å². The van der Waals surface area contributed by atoms with Crippen LogP contribution in [0.1, 0.15) is 0 Å². The minimum Gasteiger partial charge on any atom is -0.324 e. The summed E-state index contributed by atoms with van der Waals surface area (Å²) in [6, 6.07) is 7.71. The summed E-state index contributed by atoms with van der Waals surface area (Å²) < 4.78 is 0. The molecule has 2 heterocycles. The summed E-state index contributed by atoms with van der Waals surface area (Å²) in [7, 11) is 0. The molecule has 0 bridgehead atoms. The summed E-state index contributed by atoms with van der Waals surface area (Å²) in [5.41, 5.74) is 1.81. The van der Waals surface area contributed by atoms with Crippen LogP contribution in [-0.4, -0.2) is 24.9 Å². The van der Waals surface area contributed by atoms with E-state index in [9.17, 15) is 0 Å². The number of aromatic amines is 1. The maximum Gasteiger partial charge on any atom is 0.233 e. The van der Waals surface area contributed by atoms with Crippen LogP contribution in [0.15, 0.2) is 30.6 Å². The molecule has 0 unspecified atom stereocenters. The number of hydrogen-bond acceptors (Lipinski definition) is 5. The molecule has 0 saturated heterocycles. The van der Waals surface area contributed by atoms with Gasteiger partial charge in [-0.2, -0.15) is 4.98 Å². The van der Waals surface area contributed by atoms with Gasteiger partial charge in [-0.25, -0.2) is 15.0 Å². The minimum atomic E-state index is 0.138. The fourth-order valence-electron chi connectivity index (χ4n) is 1.45. The first-order valence-corrected chi connectivity index (χ1v) is 5.25. The Kier molecular flexibility index (Phi) is 2.34. The average Bonchev–Trinajstić information content (AvgIpc) is 2.71. The van der Waals surface area contributed by atoms with Gasteiger partial charge in [-0.1, -0.05) is 12.1 Å². The van der Waals surface area contributed by atoms with Crippen molar-refractivity contribution in [2.24, 2.45) is 0 Å². The van der Waals surface area contributed by atoms with Crippen LogP contribution in [0.4, 0.5) is 11.9 Å². The number of imidazole rings is 1. The number of hydrogen-bond donors (Lipinski definition) is 2. The number of para-hydroxylation sites is 2. The van der Waals surface area contributed by atoms with Crippen LogP contribution in [0.3, 0.4) is 0 Å². The molecule has 0 spiro atoms. The van der Waals surface area contributed by atoms with Crippen molar-refractivity contribution < 1.29 is 0 Å². The maximum atomic E-state index is 5.66. The highest BCUT2D eigenvalue weighted by Gasteiger charge is 2.04. The van der Waals surface area contributed by atoms with Gasteiger partial charge in [0.2, 0.25) is 17.2 Å². The Morgan fingerprint density at radius 3 is 2.82 bits per heavy atom. The molecular formula is C10H7ClN6. The van der Waals surface area contributed by atoms with Crippen molar-refractivity contribution in [3.05, 3.63) is 35.9 Å². The number of benzene rings is 1. The van der Waals surface area contributed by atoms with E-state index in [2.05, 4.69) is 30.2 Å². The summed E-state index contributed by atoms with van der Waals surface area (Å²) in [5, 5.41) is 3.06. The number of rotatable bonds is 2. The topological polar surface area (TPSA) is 79.4 Å². The van der Waals surface area contributed by atoms with Crippen molar-refractivity contribution in [2.45, 2.75) is 0 Å². The van der Waals surface area contributed by atoms with Gasteiger partial charge in [0.15, 0.2) is 0 Å². The van der Waals surface area contributed by atoms with E-state index in [0.717, 1.165) is 11.0 Å². The van der Waals surface area contributed by atoms with E-state index in [1.165, 1.54) is 6.33 Å². The molecule has 3 aromatic rings. The molecule has 3 rings (SSSR count). The molecule has 84 valence electrons. The third-order valence-corrected chi connectivity index (χ3v) is 2.34. The summed E-state index contributed by atoms with van der Waals surface area (Å²) in [6.45, 7) is 0. The number of halogens is 1. The first-order chi connectivity index (χ1) is 8.31. The second-order valence-electron chi connectivity index (χ2n) is 3.31. The molecule has 0 atom stereocenters. The van der Waals surface area contributed by atoms with E-state index in [0.29, 0.717) is 11.9 Å². The van der Waals surface area contributed by atoms with Gasteiger partial charge in [0.1, 0.15) is 6.33 Å². The van der Waals surface area contributed by atoms with Gasteiger partial charge < -0.3 is 4.98 Å². The van der Waals surface area contributed by atoms with Gasteiger partial charge in [-0.3, -0.25) is 5.32 Å². The molecule has 6 nitrogen and oxygen atoms in total. The molecule has 2 aromatic heterocycles. The standard InChI is InChI=1S/C10H7ClN6/c11-8-12-5-13-9(16-8)17-10-14-6-3-1-2-4-7(6)15-10/h1-5H,(H2,12,13,14,15,16,17). The highest BCUT2D eigenvalue weighted by atomic mass is 35.5. The van der Waals surface area contributed by atoms with Gasteiger partial charge in [0.25, 0.3) is 0 Å². The highest BCUT2D eigenvalue weighted by molar-refractivity contribution is 6.28. The fourth-order valence-corrected chi connectivity index (χ4v) is 1.58. The van der Waals surface area contributed by atoms with E-state index in [1.807, 2.05) is 24.3 Å². The van der Waals surface area contributed by atoms with Gasteiger partial charge in [0.05, 0.1) is 11.0 Å². The number of H-pyrrole nitrogens is 1. The van der Waals surface area contributed by atoms with Gasteiger partial charge in [-0.15, -0.1) is 0 Å². The molecule has 1 aromatic carbocycles. The third kappa shape index (κ3) is 2.02. The summed E-state index contributed by atoms with van der Waals surface area (Å²) >= 11 is 5.66. The zero-order valence-corrected chi connectivity index (χ0v) is 9.31. The van der Waals surface area contributed by atoms with E-state index in [1.54, 1.807) is 0 Å². The predicted molar refractivity (Wildman–Crippen MR) is 64.2 cm³/mol. The molecule has 0 fully saturated rings. The van der Waals surface area contributed by atoms with Crippen molar-refractivity contribution in [1.82, 2.24) is 24.9 Å². The number of nitrogens with zero attached hydrogens (tertiary/aromatic N) is 4. The zero-order chi connectivity index (χ0) is 11.7. The lowest BCUT2D eigenvalue weighted by atomic mass is 10.3. The molecule has 2 N–H and O–H groups in total. The van der Waals surface area contributed by atoms with Crippen LogP contribution in [0.5, 0.6) is 0 Å². The predicted octanol–water partition coefficient (Wildman–Crippen LogP) is 2.14. The van der Waals surface area contributed by atoms with E-state index < -0.39 is 0 Å². The van der Waals surface area contributed by atoms with Crippen LogP contribution in [0.25, 0.3) is 11.0 Å². The first kappa shape index (κ1) is 9.98. The minimum absolute atomic E-state index is 0.138. The quantitative estimate of drug-likeness (QED) is 0.724. The Morgan fingerprint density at radius 1 is 1.12 bits per heavy atom. The van der Waals surface area contributed by atoms with Gasteiger partial charge in [-0.05, 0) is 23.7 Å². The summed E-state index contributed by atoms with van der Waals surface area (Å²) in [4.78, 5) is 19.0. The Labute approximate surface area is 101 Å². The SMILES string of the molecule is Clc1ncnc(Nc2nc3ccccc3[nH]2)n1. The lowest BCUT2D eigenvalue weighted by molar-refractivity contribution is 1.05. The molecule has 0 saturated carbocycles. The number of nitrogens with one attached hydrogen (secondary N) is 2. The monoisotopic (exact) mass is 246 g/mol. The zero-order valence-electron chi connectivity index (χ0n) is 8.55. The van der Waals surface area contributed by atoms with Crippen LogP contribution in [-0.2, 0) is 0 Å². The Bertz CT molecular complexity index is 631. The molecule has 0 aliphatic heterocycles. The van der Waals surface area contributed by atoms with Crippen LogP contribution < -0.4 is 5.32 Å². The average molecular weight is 247 g/mol. The second-order valence-corrected chi connectivity index (χ2v) is 3.64. The molecule has 0 aliphatic carbocycles.